The third-order valence-corrected chi connectivity index (χ3v) is 4.07. The van der Waals surface area contributed by atoms with E-state index in [0.29, 0.717) is 29.4 Å². The molecule has 2 heterocycles. The van der Waals surface area contributed by atoms with Gasteiger partial charge in [-0.05, 0) is 32.0 Å². The van der Waals surface area contributed by atoms with Gasteiger partial charge >= 0.3 is 6.01 Å². The van der Waals surface area contributed by atoms with Crippen LogP contribution in [0, 0.1) is 6.92 Å². The summed E-state index contributed by atoms with van der Waals surface area (Å²) in [6, 6.07) is 4.99. The number of hydrogen-bond acceptors (Lipinski definition) is 8. The molecule has 0 aliphatic heterocycles. The van der Waals surface area contributed by atoms with Crippen molar-refractivity contribution in [1.29, 1.82) is 0 Å². The van der Waals surface area contributed by atoms with Crippen molar-refractivity contribution >= 4 is 11.9 Å². The second-order valence-electron chi connectivity index (χ2n) is 5.77. The standard InChI is InChI=1S/C18H21N5O5/c1-6-23-10(2)7-12(22-23)16(24)19-18-21-20-17(28-18)11-8-13(25-3)15(27-5)14(9-11)26-4/h7-9H,6H2,1-5H3,(H,19,21,24). The van der Waals surface area contributed by atoms with E-state index in [2.05, 4.69) is 20.6 Å². The number of benzene rings is 1. The molecule has 28 heavy (non-hydrogen) atoms. The van der Waals surface area contributed by atoms with Gasteiger partial charge in [-0.1, -0.05) is 5.10 Å². The number of carbonyl (C=O) groups is 1. The lowest BCUT2D eigenvalue weighted by Gasteiger charge is -2.12. The summed E-state index contributed by atoms with van der Waals surface area (Å²) >= 11 is 0. The van der Waals surface area contributed by atoms with Crippen molar-refractivity contribution in [3.63, 3.8) is 0 Å². The van der Waals surface area contributed by atoms with Crippen molar-refractivity contribution in [2.45, 2.75) is 20.4 Å². The number of ether oxygens (including phenoxy) is 3. The Morgan fingerprint density at radius 2 is 1.79 bits per heavy atom. The zero-order valence-corrected chi connectivity index (χ0v) is 16.3. The molecule has 0 bridgehead atoms. The van der Waals surface area contributed by atoms with Gasteiger partial charge in [-0.25, -0.2) is 0 Å². The SMILES string of the molecule is CCn1nc(C(=O)Nc2nnc(-c3cc(OC)c(OC)c(OC)c3)o2)cc1C. The van der Waals surface area contributed by atoms with Crippen molar-refractivity contribution in [1.82, 2.24) is 20.0 Å². The summed E-state index contributed by atoms with van der Waals surface area (Å²) in [7, 11) is 4.54. The molecule has 0 atom stereocenters. The van der Waals surface area contributed by atoms with Gasteiger partial charge in [-0.2, -0.15) is 5.10 Å². The Kier molecular flexibility index (Phi) is 5.48. The van der Waals surface area contributed by atoms with Gasteiger partial charge in [0.05, 0.1) is 21.3 Å². The molecule has 3 rings (SSSR count). The van der Waals surface area contributed by atoms with Gasteiger partial charge in [-0.3, -0.25) is 14.8 Å². The predicted molar refractivity (Wildman–Crippen MR) is 100.0 cm³/mol. The molecular formula is C18H21N5O5. The van der Waals surface area contributed by atoms with Gasteiger partial charge in [0.1, 0.15) is 0 Å². The van der Waals surface area contributed by atoms with Gasteiger partial charge < -0.3 is 18.6 Å². The molecule has 0 unspecified atom stereocenters. The minimum absolute atomic E-state index is 0.0440. The molecule has 0 aliphatic rings. The highest BCUT2D eigenvalue weighted by molar-refractivity contribution is 6.01. The fourth-order valence-electron chi connectivity index (χ4n) is 2.70. The lowest BCUT2D eigenvalue weighted by Crippen LogP contribution is -2.13. The molecule has 1 N–H and O–H groups in total. The molecule has 0 spiro atoms. The first-order valence-electron chi connectivity index (χ1n) is 8.50. The smallest absolute Gasteiger partial charge is 0.322 e. The molecule has 0 radical (unpaired) electrons. The Labute approximate surface area is 161 Å². The maximum Gasteiger partial charge on any atom is 0.322 e. The molecule has 0 saturated heterocycles. The van der Waals surface area contributed by atoms with E-state index >= 15 is 0 Å². The topological polar surface area (TPSA) is 114 Å². The van der Waals surface area contributed by atoms with Gasteiger partial charge in [0.25, 0.3) is 5.91 Å². The summed E-state index contributed by atoms with van der Waals surface area (Å²) in [5.41, 5.74) is 1.71. The van der Waals surface area contributed by atoms with Crippen molar-refractivity contribution in [3.8, 4) is 28.7 Å². The van der Waals surface area contributed by atoms with E-state index in [-0.39, 0.29) is 17.6 Å². The second kappa shape index (κ2) is 7.99. The Morgan fingerprint density at radius 1 is 1.11 bits per heavy atom. The predicted octanol–water partition coefficient (Wildman–Crippen LogP) is 2.54. The number of hydrogen-bond donors (Lipinski definition) is 1. The fourth-order valence-corrected chi connectivity index (χ4v) is 2.70. The zero-order valence-electron chi connectivity index (χ0n) is 16.3. The summed E-state index contributed by atoms with van der Waals surface area (Å²) < 4.78 is 23.2. The molecule has 1 amide bonds. The molecular weight excluding hydrogens is 366 g/mol. The van der Waals surface area contributed by atoms with Crippen LogP contribution in [0.3, 0.4) is 0 Å². The molecule has 0 fully saturated rings. The van der Waals surface area contributed by atoms with E-state index in [1.807, 2.05) is 13.8 Å². The molecule has 0 saturated carbocycles. The number of carbonyl (C=O) groups excluding carboxylic acids is 1. The summed E-state index contributed by atoms with van der Waals surface area (Å²) in [4.78, 5) is 12.4. The lowest BCUT2D eigenvalue weighted by atomic mass is 10.2. The van der Waals surface area contributed by atoms with Crippen LogP contribution in [0.25, 0.3) is 11.5 Å². The molecule has 3 aromatic rings. The Morgan fingerprint density at radius 3 is 2.32 bits per heavy atom. The van der Waals surface area contributed by atoms with Gasteiger partial charge in [-0.15, -0.1) is 5.10 Å². The summed E-state index contributed by atoms with van der Waals surface area (Å²) in [5, 5.41) is 14.6. The van der Waals surface area contributed by atoms with E-state index in [4.69, 9.17) is 18.6 Å². The Balaban J connectivity index is 1.84. The number of methoxy groups -OCH3 is 3. The van der Waals surface area contributed by atoms with Gasteiger partial charge in [0.2, 0.25) is 11.6 Å². The average molecular weight is 387 g/mol. The van der Waals surface area contributed by atoms with Crippen LogP contribution < -0.4 is 19.5 Å². The van der Waals surface area contributed by atoms with Crippen molar-refractivity contribution in [3.05, 3.63) is 29.6 Å². The maximum atomic E-state index is 12.4. The van der Waals surface area contributed by atoms with Crippen molar-refractivity contribution < 1.29 is 23.4 Å². The number of rotatable bonds is 7. The van der Waals surface area contributed by atoms with Crippen LogP contribution in [0.5, 0.6) is 17.2 Å². The summed E-state index contributed by atoms with van der Waals surface area (Å²) in [6.07, 6.45) is 0. The molecule has 0 aliphatic carbocycles. The van der Waals surface area contributed by atoms with Gasteiger partial charge in [0, 0.05) is 17.8 Å². The highest BCUT2D eigenvalue weighted by Gasteiger charge is 2.19. The number of aromatic nitrogens is 4. The van der Waals surface area contributed by atoms with E-state index < -0.39 is 5.91 Å². The first kappa shape index (κ1) is 19.2. The normalized spacial score (nSPS) is 10.6. The van der Waals surface area contributed by atoms with Crippen molar-refractivity contribution in [2.75, 3.05) is 26.6 Å². The van der Waals surface area contributed by atoms with Gasteiger partial charge in [0.15, 0.2) is 17.2 Å². The van der Waals surface area contributed by atoms with E-state index in [1.54, 1.807) is 22.9 Å². The van der Waals surface area contributed by atoms with Crippen LogP contribution in [0.1, 0.15) is 23.1 Å². The number of amides is 1. The lowest BCUT2D eigenvalue weighted by molar-refractivity contribution is 0.101. The van der Waals surface area contributed by atoms with Crippen LogP contribution in [0.4, 0.5) is 6.01 Å². The van der Waals surface area contributed by atoms with Crippen molar-refractivity contribution in [2.24, 2.45) is 0 Å². The van der Waals surface area contributed by atoms with E-state index in [1.165, 1.54) is 21.3 Å². The number of nitrogens with zero attached hydrogens (tertiary/aromatic N) is 4. The first-order valence-corrected chi connectivity index (χ1v) is 8.50. The maximum absolute atomic E-state index is 12.4. The Hall–Kier alpha value is -3.56. The molecule has 10 heteroatoms. The highest BCUT2D eigenvalue weighted by atomic mass is 16.5. The number of aryl methyl sites for hydroxylation is 2. The highest BCUT2D eigenvalue weighted by Crippen LogP contribution is 2.41. The third-order valence-electron chi connectivity index (χ3n) is 4.07. The minimum atomic E-state index is -0.435. The first-order chi connectivity index (χ1) is 13.5. The van der Waals surface area contributed by atoms with Crippen LogP contribution in [0.2, 0.25) is 0 Å². The van der Waals surface area contributed by atoms with E-state index in [0.717, 1.165) is 5.69 Å². The molecule has 1 aromatic carbocycles. The zero-order chi connectivity index (χ0) is 20.3. The monoisotopic (exact) mass is 387 g/mol. The Bertz CT molecular complexity index is 969. The largest absolute Gasteiger partial charge is 0.493 e. The van der Waals surface area contributed by atoms with E-state index in [9.17, 15) is 4.79 Å². The van der Waals surface area contributed by atoms with Crippen LogP contribution in [-0.4, -0.2) is 47.2 Å². The van der Waals surface area contributed by atoms with Crippen LogP contribution in [-0.2, 0) is 6.54 Å². The quantitative estimate of drug-likeness (QED) is 0.658. The third kappa shape index (κ3) is 3.61. The second-order valence-corrected chi connectivity index (χ2v) is 5.77. The van der Waals surface area contributed by atoms with Crippen LogP contribution >= 0.6 is 0 Å². The molecule has 148 valence electrons. The molecule has 2 aromatic heterocycles. The van der Waals surface area contributed by atoms with Crippen LogP contribution in [0.15, 0.2) is 22.6 Å². The summed E-state index contributed by atoms with van der Waals surface area (Å²) in [6.45, 7) is 4.50. The number of nitrogens with one attached hydrogen (secondary N) is 1. The average Bonchev–Trinajstić information content (AvgIpc) is 3.33. The summed E-state index contributed by atoms with van der Waals surface area (Å²) in [5.74, 6) is 1.09. The minimum Gasteiger partial charge on any atom is -0.493 e. The molecule has 10 nitrogen and oxygen atoms in total. The number of anilines is 1. The fraction of sp³-hybridized carbons (Fsp3) is 0.333.